The summed E-state index contributed by atoms with van der Waals surface area (Å²) in [4.78, 5) is 12.0. The first kappa shape index (κ1) is 13.5. The van der Waals surface area contributed by atoms with E-state index < -0.39 is 0 Å². The van der Waals surface area contributed by atoms with Crippen LogP contribution in [0.5, 0.6) is 0 Å². The molecule has 1 atom stereocenters. The molecule has 1 unspecified atom stereocenters. The lowest BCUT2D eigenvalue weighted by atomic mass is 10.1. The Balaban J connectivity index is 1.94. The van der Waals surface area contributed by atoms with Crippen LogP contribution >= 0.6 is 0 Å². The maximum atomic E-state index is 12.0. The molecule has 0 aliphatic carbocycles. The highest BCUT2D eigenvalue weighted by Crippen LogP contribution is 2.10. The van der Waals surface area contributed by atoms with Crippen LogP contribution in [0.3, 0.4) is 0 Å². The molecule has 1 aromatic carbocycles. The molecule has 19 heavy (non-hydrogen) atoms. The van der Waals surface area contributed by atoms with Gasteiger partial charge in [0.15, 0.2) is 0 Å². The molecule has 0 aliphatic heterocycles. The molecule has 0 saturated heterocycles. The Labute approximate surface area is 114 Å². The summed E-state index contributed by atoms with van der Waals surface area (Å²) in [6.07, 6.45) is 3.90. The van der Waals surface area contributed by atoms with Crippen LogP contribution in [-0.2, 0) is 17.6 Å². The van der Waals surface area contributed by atoms with E-state index in [1.165, 1.54) is 0 Å². The summed E-state index contributed by atoms with van der Waals surface area (Å²) in [5.41, 5.74) is 1.93. The van der Waals surface area contributed by atoms with E-state index in [-0.39, 0.29) is 5.78 Å². The van der Waals surface area contributed by atoms with Gasteiger partial charge in [0.05, 0.1) is 12.1 Å². The lowest BCUT2D eigenvalue weighted by molar-refractivity contribution is -0.117. The first-order valence-corrected chi connectivity index (χ1v) is 6.78. The zero-order valence-electron chi connectivity index (χ0n) is 11.5. The molecular formula is C16H20N2O. The van der Waals surface area contributed by atoms with Crippen molar-refractivity contribution >= 4 is 5.78 Å². The standard InChI is InChI=1S/C16H20N2O/c1-3-13(2)18-10-9-15(17-18)12-16(19)11-14-7-5-4-6-8-14/h4-10,13H,3,11-12H2,1-2H3. The third-order valence-corrected chi connectivity index (χ3v) is 3.33. The Morgan fingerprint density at radius 3 is 2.63 bits per heavy atom. The van der Waals surface area contributed by atoms with Gasteiger partial charge in [-0.1, -0.05) is 37.3 Å². The highest BCUT2D eigenvalue weighted by Gasteiger charge is 2.09. The number of ketones is 1. The molecule has 0 bridgehead atoms. The van der Waals surface area contributed by atoms with Crippen LogP contribution in [0.15, 0.2) is 42.6 Å². The highest BCUT2D eigenvalue weighted by molar-refractivity contribution is 5.82. The van der Waals surface area contributed by atoms with Gasteiger partial charge in [-0.25, -0.2) is 0 Å². The maximum Gasteiger partial charge on any atom is 0.143 e. The fourth-order valence-electron chi connectivity index (χ4n) is 1.99. The predicted octanol–water partition coefficient (Wildman–Crippen LogP) is 3.21. The van der Waals surface area contributed by atoms with Crippen LogP contribution in [0.4, 0.5) is 0 Å². The minimum Gasteiger partial charge on any atom is -0.299 e. The van der Waals surface area contributed by atoms with Crippen molar-refractivity contribution in [2.45, 2.75) is 39.2 Å². The van der Waals surface area contributed by atoms with Gasteiger partial charge in [-0.05, 0) is 25.0 Å². The third kappa shape index (κ3) is 3.78. The fraction of sp³-hybridized carbons (Fsp3) is 0.375. The summed E-state index contributed by atoms with van der Waals surface area (Å²) in [5, 5.41) is 4.46. The molecule has 0 fully saturated rings. The Morgan fingerprint density at radius 1 is 1.21 bits per heavy atom. The minimum atomic E-state index is 0.209. The van der Waals surface area contributed by atoms with Crippen LogP contribution in [0.1, 0.15) is 37.6 Å². The fourth-order valence-corrected chi connectivity index (χ4v) is 1.99. The summed E-state index contributed by atoms with van der Waals surface area (Å²) in [6.45, 7) is 4.26. The molecule has 0 spiro atoms. The molecule has 2 rings (SSSR count). The molecule has 0 saturated carbocycles. The molecule has 0 N–H and O–H groups in total. The summed E-state index contributed by atoms with van der Waals surface area (Å²) >= 11 is 0. The van der Waals surface area contributed by atoms with Gasteiger partial charge in [0.1, 0.15) is 5.78 Å². The molecule has 3 heteroatoms. The number of carbonyl (C=O) groups excluding carboxylic acids is 1. The molecule has 3 nitrogen and oxygen atoms in total. The number of Topliss-reactive ketones (excluding diaryl/α,β-unsaturated/α-hetero) is 1. The van der Waals surface area contributed by atoms with E-state index in [0.29, 0.717) is 18.9 Å². The number of rotatable bonds is 6. The van der Waals surface area contributed by atoms with Crippen molar-refractivity contribution in [1.29, 1.82) is 0 Å². The van der Waals surface area contributed by atoms with Crippen LogP contribution in [-0.4, -0.2) is 15.6 Å². The third-order valence-electron chi connectivity index (χ3n) is 3.33. The molecule has 0 radical (unpaired) electrons. The van der Waals surface area contributed by atoms with E-state index in [1.807, 2.05) is 47.3 Å². The smallest absolute Gasteiger partial charge is 0.143 e. The van der Waals surface area contributed by atoms with E-state index in [9.17, 15) is 4.79 Å². The van der Waals surface area contributed by atoms with Crippen molar-refractivity contribution in [2.75, 3.05) is 0 Å². The minimum absolute atomic E-state index is 0.209. The van der Waals surface area contributed by atoms with E-state index in [0.717, 1.165) is 17.7 Å². The number of nitrogens with zero attached hydrogens (tertiary/aromatic N) is 2. The molecule has 0 amide bonds. The first-order chi connectivity index (χ1) is 9.19. The number of hydrogen-bond donors (Lipinski definition) is 0. The van der Waals surface area contributed by atoms with E-state index in [4.69, 9.17) is 0 Å². The van der Waals surface area contributed by atoms with Crippen molar-refractivity contribution in [3.8, 4) is 0 Å². The average Bonchev–Trinajstić information content (AvgIpc) is 2.87. The summed E-state index contributed by atoms with van der Waals surface area (Å²) < 4.78 is 1.94. The van der Waals surface area contributed by atoms with E-state index in [1.54, 1.807) is 0 Å². The van der Waals surface area contributed by atoms with Gasteiger partial charge in [-0.3, -0.25) is 9.48 Å². The van der Waals surface area contributed by atoms with Crippen molar-refractivity contribution in [3.05, 3.63) is 53.9 Å². The normalized spacial score (nSPS) is 12.3. The van der Waals surface area contributed by atoms with Crippen LogP contribution in [0, 0.1) is 0 Å². The molecule has 0 aliphatic rings. The van der Waals surface area contributed by atoms with E-state index in [2.05, 4.69) is 18.9 Å². The zero-order valence-corrected chi connectivity index (χ0v) is 11.5. The largest absolute Gasteiger partial charge is 0.299 e. The van der Waals surface area contributed by atoms with Gasteiger partial charge in [0, 0.05) is 18.7 Å². The lowest BCUT2D eigenvalue weighted by Gasteiger charge is -2.08. The Hall–Kier alpha value is -1.90. The Morgan fingerprint density at radius 2 is 1.95 bits per heavy atom. The van der Waals surface area contributed by atoms with Gasteiger partial charge >= 0.3 is 0 Å². The molecule has 2 aromatic rings. The van der Waals surface area contributed by atoms with Gasteiger partial charge in [-0.2, -0.15) is 5.10 Å². The summed E-state index contributed by atoms with van der Waals surface area (Å²) in [6, 6.07) is 12.2. The second-order valence-corrected chi connectivity index (χ2v) is 4.92. The summed E-state index contributed by atoms with van der Waals surface area (Å²) in [7, 11) is 0. The van der Waals surface area contributed by atoms with Crippen molar-refractivity contribution < 1.29 is 4.79 Å². The van der Waals surface area contributed by atoms with Crippen LogP contribution in [0.25, 0.3) is 0 Å². The highest BCUT2D eigenvalue weighted by atomic mass is 16.1. The quantitative estimate of drug-likeness (QED) is 0.795. The number of hydrogen-bond acceptors (Lipinski definition) is 2. The average molecular weight is 256 g/mol. The Bertz CT molecular complexity index is 531. The molecular weight excluding hydrogens is 236 g/mol. The number of aromatic nitrogens is 2. The Kier molecular flexibility index (Phi) is 4.50. The molecule has 100 valence electrons. The predicted molar refractivity (Wildman–Crippen MR) is 76.1 cm³/mol. The van der Waals surface area contributed by atoms with Gasteiger partial charge in [0.2, 0.25) is 0 Å². The van der Waals surface area contributed by atoms with Gasteiger partial charge < -0.3 is 0 Å². The molecule has 1 aromatic heterocycles. The summed E-state index contributed by atoms with van der Waals surface area (Å²) in [5.74, 6) is 0.209. The molecule has 1 heterocycles. The van der Waals surface area contributed by atoms with Gasteiger partial charge in [0.25, 0.3) is 0 Å². The first-order valence-electron chi connectivity index (χ1n) is 6.78. The second kappa shape index (κ2) is 6.32. The second-order valence-electron chi connectivity index (χ2n) is 4.92. The lowest BCUT2D eigenvalue weighted by Crippen LogP contribution is -2.09. The van der Waals surface area contributed by atoms with Gasteiger partial charge in [-0.15, -0.1) is 0 Å². The van der Waals surface area contributed by atoms with Crippen LogP contribution in [0.2, 0.25) is 0 Å². The van der Waals surface area contributed by atoms with Crippen molar-refractivity contribution in [1.82, 2.24) is 9.78 Å². The number of carbonyl (C=O) groups is 1. The van der Waals surface area contributed by atoms with Crippen LogP contribution < -0.4 is 0 Å². The topological polar surface area (TPSA) is 34.9 Å². The van der Waals surface area contributed by atoms with Crippen molar-refractivity contribution in [2.24, 2.45) is 0 Å². The SMILES string of the molecule is CCC(C)n1ccc(CC(=O)Cc2ccccc2)n1. The van der Waals surface area contributed by atoms with Crippen molar-refractivity contribution in [3.63, 3.8) is 0 Å². The monoisotopic (exact) mass is 256 g/mol. The maximum absolute atomic E-state index is 12.0. The number of benzene rings is 1. The zero-order chi connectivity index (χ0) is 13.7. The van der Waals surface area contributed by atoms with E-state index >= 15 is 0 Å².